The maximum absolute atomic E-state index is 11.7. The van der Waals surface area contributed by atoms with E-state index in [0.29, 0.717) is 10.6 Å². The molecule has 5 aromatic rings. The summed E-state index contributed by atoms with van der Waals surface area (Å²) < 4.78 is 2.18. The van der Waals surface area contributed by atoms with Crippen LogP contribution in [0.15, 0.2) is 140 Å². The smallest absolute Gasteiger partial charge is 0.214 e. The molecule has 2 atom stereocenters. The molecule has 4 aromatic carbocycles. The van der Waals surface area contributed by atoms with Crippen molar-refractivity contribution < 1.29 is 9.67 Å². The van der Waals surface area contributed by atoms with Crippen LogP contribution in [0.5, 0.6) is 0 Å². The molecule has 0 bridgehead atoms. The number of aliphatic hydroxyl groups excluding tert-OH is 1. The van der Waals surface area contributed by atoms with Gasteiger partial charge in [-0.15, -0.1) is 0 Å². The second-order valence-corrected chi connectivity index (χ2v) is 9.08. The van der Waals surface area contributed by atoms with Gasteiger partial charge in [-0.3, -0.25) is 0 Å². The summed E-state index contributed by atoms with van der Waals surface area (Å²) in [6, 6.07) is 42.2. The lowest BCUT2D eigenvalue weighted by molar-refractivity contribution is -0.700. The average Bonchev–Trinajstić information content (AvgIpc) is 2.95. The fourth-order valence-electron chi connectivity index (χ4n) is 4.66. The molecule has 0 aliphatic rings. The fourth-order valence-corrected chi connectivity index (χ4v) is 4.91. The molecule has 5 rings (SSSR count). The van der Waals surface area contributed by atoms with Gasteiger partial charge in [-0.2, -0.15) is 4.57 Å². The normalized spacial score (nSPS) is 12.6. The molecular formula is C33H27ClNO+. The van der Waals surface area contributed by atoms with Crippen LogP contribution in [0.25, 0.3) is 33.6 Å². The predicted molar refractivity (Wildman–Crippen MR) is 149 cm³/mol. The fraction of sp³-hybridized carbons (Fsp3) is 0.0606. The highest BCUT2D eigenvalue weighted by Gasteiger charge is 2.34. The average molecular weight is 489 g/mol. The van der Waals surface area contributed by atoms with Gasteiger partial charge in [0.05, 0.1) is 0 Å². The van der Waals surface area contributed by atoms with E-state index in [1.54, 1.807) is 12.1 Å². The summed E-state index contributed by atoms with van der Waals surface area (Å²) in [6.07, 6.45) is 0.906. The molecule has 0 aliphatic heterocycles. The Bertz CT molecular complexity index is 1410. The Balaban J connectivity index is 1.83. The standard InChI is InChI=1S/C33H27ClNO/c1-2-30(33(36)28-20-12-13-21-29(28)34)35-31(25-16-8-4-9-17-25)22-27(24-14-6-3-7-15-24)23-32(35)26-18-10-5-11-19-26/h2-23,30,33,36H,1H2/q+1. The van der Waals surface area contributed by atoms with Gasteiger partial charge < -0.3 is 5.11 Å². The molecule has 1 heterocycles. The first-order valence-corrected chi connectivity index (χ1v) is 12.4. The number of hydrogen-bond donors (Lipinski definition) is 1. The number of rotatable bonds is 7. The third-order valence-electron chi connectivity index (χ3n) is 6.44. The Kier molecular flexibility index (Phi) is 7.08. The molecule has 0 amide bonds. The first-order chi connectivity index (χ1) is 17.7. The first-order valence-electron chi connectivity index (χ1n) is 12.0. The number of halogens is 1. The van der Waals surface area contributed by atoms with Crippen molar-refractivity contribution >= 4 is 11.6 Å². The van der Waals surface area contributed by atoms with Crippen LogP contribution in [0.3, 0.4) is 0 Å². The summed E-state index contributed by atoms with van der Waals surface area (Å²) in [5.41, 5.74) is 6.94. The summed E-state index contributed by atoms with van der Waals surface area (Å²) in [4.78, 5) is 0. The minimum Gasteiger partial charge on any atom is -0.381 e. The molecule has 0 fully saturated rings. The van der Waals surface area contributed by atoms with Crippen LogP contribution in [0.1, 0.15) is 17.7 Å². The highest BCUT2D eigenvalue weighted by Crippen LogP contribution is 2.35. The van der Waals surface area contributed by atoms with E-state index in [1.807, 2.05) is 60.7 Å². The van der Waals surface area contributed by atoms with E-state index in [9.17, 15) is 5.11 Å². The van der Waals surface area contributed by atoms with Crippen LogP contribution >= 0.6 is 11.6 Å². The molecule has 1 aromatic heterocycles. The van der Waals surface area contributed by atoms with E-state index in [2.05, 4.69) is 71.8 Å². The minimum atomic E-state index is -0.895. The number of aliphatic hydroxyl groups is 1. The van der Waals surface area contributed by atoms with Crippen molar-refractivity contribution in [2.75, 3.05) is 0 Å². The van der Waals surface area contributed by atoms with E-state index in [0.717, 1.165) is 33.6 Å². The molecule has 0 aliphatic carbocycles. The van der Waals surface area contributed by atoms with E-state index in [4.69, 9.17) is 11.6 Å². The summed E-state index contributed by atoms with van der Waals surface area (Å²) in [5, 5.41) is 12.2. The number of benzene rings is 4. The van der Waals surface area contributed by atoms with E-state index in [1.165, 1.54) is 0 Å². The van der Waals surface area contributed by atoms with Crippen molar-refractivity contribution in [2.24, 2.45) is 0 Å². The quantitative estimate of drug-likeness (QED) is 0.181. The lowest BCUT2D eigenvalue weighted by Crippen LogP contribution is -2.46. The number of hydrogen-bond acceptors (Lipinski definition) is 1. The Hall–Kier alpha value is -3.98. The minimum absolute atomic E-state index is 0.472. The molecule has 0 saturated carbocycles. The van der Waals surface area contributed by atoms with Gasteiger partial charge >= 0.3 is 0 Å². The Morgan fingerprint density at radius 2 is 1.06 bits per heavy atom. The van der Waals surface area contributed by atoms with Gasteiger partial charge in [0.25, 0.3) is 0 Å². The molecule has 176 valence electrons. The third-order valence-corrected chi connectivity index (χ3v) is 6.78. The topological polar surface area (TPSA) is 24.1 Å². The number of pyridine rings is 1. The molecule has 0 spiro atoms. The number of aromatic nitrogens is 1. The van der Waals surface area contributed by atoms with E-state index >= 15 is 0 Å². The van der Waals surface area contributed by atoms with Crippen molar-refractivity contribution in [1.82, 2.24) is 0 Å². The van der Waals surface area contributed by atoms with Crippen LogP contribution in [0, 0.1) is 0 Å². The van der Waals surface area contributed by atoms with Crippen molar-refractivity contribution in [3.05, 3.63) is 151 Å². The lowest BCUT2D eigenvalue weighted by atomic mass is 9.95. The second kappa shape index (κ2) is 10.7. The zero-order valence-corrected chi connectivity index (χ0v) is 20.6. The molecule has 0 saturated heterocycles. The van der Waals surface area contributed by atoms with Crippen molar-refractivity contribution in [2.45, 2.75) is 12.1 Å². The third kappa shape index (κ3) is 4.74. The van der Waals surface area contributed by atoms with E-state index in [-0.39, 0.29) is 0 Å². The Morgan fingerprint density at radius 3 is 1.53 bits per heavy atom. The second-order valence-electron chi connectivity index (χ2n) is 8.68. The van der Waals surface area contributed by atoms with Gasteiger partial charge in [-0.1, -0.05) is 103 Å². The van der Waals surface area contributed by atoms with Crippen LogP contribution in [-0.2, 0) is 0 Å². The van der Waals surface area contributed by atoms with Gasteiger partial charge in [0.15, 0.2) is 0 Å². The highest BCUT2D eigenvalue weighted by molar-refractivity contribution is 6.31. The van der Waals surface area contributed by atoms with E-state index < -0.39 is 12.1 Å². The maximum Gasteiger partial charge on any atom is 0.214 e. The van der Waals surface area contributed by atoms with Gasteiger partial charge in [-0.25, -0.2) is 0 Å². The Morgan fingerprint density at radius 1 is 0.611 bits per heavy atom. The van der Waals surface area contributed by atoms with Gasteiger partial charge in [0, 0.05) is 33.8 Å². The molecule has 3 heteroatoms. The monoisotopic (exact) mass is 488 g/mol. The van der Waals surface area contributed by atoms with Crippen LogP contribution in [0.4, 0.5) is 0 Å². The summed E-state index contributed by atoms with van der Waals surface area (Å²) in [7, 11) is 0. The first kappa shape index (κ1) is 23.7. The molecule has 36 heavy (non-hydrogen) atoms. The van der Waals surface area contributed by atoms with Crippen molar-refractivity contribution in [3.63, 3.8) is 0 Å². The SMILES string of the molecule is C=CC(C(O)c1ccccc1Cl)[n+]1c(-c2ccccc2)cc(-c2ccccc2)cc1-c1ccccc1. The van der Waals surface area contributed by atoms with Crippen molar-refractivity contribution in [1.29, 1.82) is 0 Å². The zero-order chi connectivity index (χ0) is 24.9. The summed E-state index contributed by atoms with van der Waals surface area (Å²) >= 11 is 6.52. The summed E-state index contributed by atoms with van der Waals surface area (Å²) in [6.45, 7) is 4.14. The predicted octanol–water partition coefficient (Wildman–Crippen LogP) is 8.09. The van der Waals surface area contributed by atoms with Gasteiger partial charge in [0.1, 0.15) is 6.10 Å². The van der Waals surface area contributed by atoms with Gasteiger partial charge in [0.2, 0.25) is 17.4 Å². The zero-order valence-electron chi connectivity index (χ0n) is 19.8. The number of nitrogens with zero attached hydrogens (tertiary/aromatic N) is 1. The largest absolute Gasteiger partial charge is 0.381 e. The molecule has 0 radical (unpaired) electrons. The van der Waals surface area contributed by atoms with Crippen LogP contribution < -0.4 is 4.57 Å². The van der Waals surface area contributed by atoms with Crippen molar-refractivity contribution in [3.8, 4) is 33.6 Å². The van der Waals surface area contributed by atoms with Crippen LogP contribution in [0.2, 0.25) is 5.02 Å². The maximum atomic E-state index is 11.7. The Labute approximate surface area is 217 Å². The molecule has 2 unspecified atom stereocenters. The lowest BCUT2D eigenvalue weighted by Gasteiger charge is -2.22. The van der Waals surface area contributed by atoms with Crippen LogP contribution in [-0.4, -0.2) is 5.11 Å². The van der Waals surface area contributed by atoms with Gasteiger partial charge in [-0.05, 0) is 47.5 Å². The molecule has 2 nitrogen and oxygen atoms in total. The molecular weight excluding hydrogens is 462 g/mol. The highest BCUT2D eigenvalue weighted by atomic mass is 35.5. The molecule has 1 N–H and O–H groups in total. The summed E-state index contributed by atoms with van der Waals surface area (Å²) in [5.74, 6) is 0.